The molecule has 1 aromatic carbocycles. The first-order valence-electron chi connectivity index (χ1n) is 8.21. The molecule has 1 aromatic heterocycles. The van der Waals surface area contributed by atoms with E-state index in [1.165, 1.54) is 0 Å². The number of hydrogen-bond acceptors (Lipinski definition) is 2. The second kappa shape index (κ2) is 11.4. The summed E-state index contributed by atoms with van der Waals surface area (Å²) in [4.78, 5) is 16.2. The second-order valence-electron chi connectivity index (χ2n) is 5.81. The molecule has 0 aliphatic heterocycles. The summed E-state index contributed by atoms with van der Waals surface area (Å²) >= 11 is 12.1. The van der Waals surface area contributed by atoms with Gasteiger partial charge in [0.25, 0.3) is 5.91 Å². The summed E-state index contributed by atoms with van der Waals surface area (Å²) in [6, 6.07) is 9.30. The minimum Gasteiger partial charge on any atom is -0.355 e. The average Bonchev–Trinajstić information content (AvgIpc) is 2.87. The molecular formula is C18H24Cl2IN5O. The first-order valence-corrected chi connectivity index (χ1v) is 8.97. The molecule has 1 amide bonds. The molecule has 0 radical (unpaired) electrons. The van der Waals surface area contributed by atoms with Crippen LogP contribution in [-0.4, -0.2) is 36.6 Å². The van der Waals surface area contributed by atoms with Crippen molar-refractivity contribution in [3.05, 3.63) is 57.3 Å². The molecule has 0 aliphatic carbocycles. The van der Waals surface area contributed by atoms with Gasteiger partial charge in [-0.1, -0.05) is 40.9 Å². The van der Waals surface area contributed by atoms with Gasteiger partial charge in [0.15, 0.2) is 5.96 Å². The summed E-state index contributed by atoms with van der Waals surface area (Å²) in [7, 11) is 3.54. The van der Waals surface area contributed by atoms with Gasteiger partial charge in [-0.2, -0.15) is 0 Å². The zero-order valence-corrected chi connectivity index (χ0v) is 19.3. The molecule has 2 rings (SSSR count). The summed E-state index contributed by atoms with van der Waals surface area (Å²) in [5.41, 5.74) is 2.65. The number of rotatable bonds is 6. The molecule has 0 saturated carbocycles. The number of nitrogens with zero attached hydrogens (tertiary/aromatic N) is 2. The van der Waals surface area contributed by atoms with Gasteiger partial charge in [-0.05, 0) is 25.1 Å². The van der Waals surface area contributed by atoms with Crippen LogP contribution in [0.5, 0.6) is 0 Å². The van der Waals surface area contributed by atoms with Crippen molar-refractivity contribution in [2.75, 3.05) is 20.1 Å². The molecule has 27 heavy (non-hydrogen) atoms. The molecule has 0 spiro atoms. The maximum Gasteiger partial charge on any atom is 0.251 e. The van der Waals surface area contributed by atoms with E-state index >= 15 is 0 Å². The van der Waals surface area contributed by atoms with Gasteiger partial charge in [0.2, 0.25) is 0 Å². The Balaban J connectivity index is 0.00000364. The SMILES string of the molecule is CN=C(NCCNC(=O)c1cccc(C)c1)NCc1cc(Cl)c(Cl)n1C.I. The highest BCUT2D eigenvalue weighted by Crippen LogP contribution is 2.24. The third-order valence-corrected chi connectivity index (χ3v) is 4.70. The molecule has 0 atom stereocenters. The van der Waals surface area contributed by atoms with Crippen LogP contribution in [0.15, 0.2) is 35.3 Å². The Hall–Kier alpha value is -1.45. The largest absolute Gasteiger partial charge is 0.355 e. The Bertz CT molecular complexity index is 807. The van der Waals surface area contributed by atoms with Crippen molar-refractivity contribution in [3.8, 4) is 0 Å². The predicted octanol–water partition coefficient (Wildman–Crippen LogP) is 3.35. The summed E-state index contributed by atoms with van der Waals surface area (Å²) in [5, 5.41) is 10.2. The monoisotopic (exact) mass is 523 g/mol. The Kier molecular flexibility index (Phi) is 9.97. The number of benzene rings is 1. The van der Waals surface area contributed by atoms with Crippen LogP contribution < -0.4 is 16.0 Å². The number of nitrogens with one attached hydrogen (secondary N) is 3. The van der Waals surface area contributed by atoms with E-state index in [2.05, 4.69) is 20.9 Å². The lowest BCUT2D eigenvalue weighted by atomic mass is 10.1. The smallest absolute Gasteiger partial charge is 0.251 e. The van der Waals surface area contributed by atoms with Gasteiger partial charge in [0.1, 0.15) is 5.15 Å². The van der Waals surface area contributed by atoms with E-state index in [1.807, 2.05) is 42.8 Å². The van der Waals surface area contributed by atoms with Gasteiger partial charge in [-0.3, -0.25) is 9.79 Å². The van der Waals surface area contributed by atoms with E-state index in [-0.39, 0.29) is 29.9 Å². The fourth-order valence-corrected chi connectivity index (χ4v) is 2.81. The first kappa shape index (κ1) is 23.6. The summed E-state index contributed by atoms with van der Waals surface area (Å²) in [5.74, 6) is 0.537. The van der Waals surface area contributed by atoms with Gasteiger partial charge in [0.05, 0.1) is 11.6 Å². The highest BCUT2D eigenvalue weighted by Gasteiger charge is 2.09. The fourth-order valence-electron chi connectivity index (χ4n) is 2.40. The molecule has 3 N–H and O–H groups in total. The number of halogens is 3. The van der Waals surface area contributed by atoms with Gasteiger partial charge >= 0.3 is 0 Å². The van der Waals surface area contributed by atoms with Crippen LogP contribution >= 0.6 is 47.2 Å². The number of carbonyl (C=O) groups excluding carboxylic acids is 1. The van der Waals surface area contributed by atoms with Crippen LogP contribution in [0, 0.1) is 6.92 Å². The van der Waals surface area contributed by atoms with Crippen LogP contribution in [0.2, 0.25) is 10.2 Å². The number of aliphatic imine (C=N–C) groups is 1. The number of guanidine groups is 1. The lowest BCUT2D eigenvalue weighted by molar-refractivity contribution is 0.0954. The standard InChI is InChI=1S/C18H23Cl2N5O.HI/c1-12-5-4-6-13(9-12)17(26)22-7-8-23-18(21-2)24-11-14-10-15(19)16(20)25(14)3;/h4-6,9-10H,7-8,11H2,1-3H3,(H,22,26)(H2,21,23,24);1H. The highest BCUT2D eigenvalue weighted by molar-refractivity contribution is 14.0. The van der Waals surface area contributed by atoms with Gasteiger partial charge in [-0.15, -0.1) is 24.0 Å². The Labute approximate surface area is 186 Å². The van der Waals surface area contributed by atoms with Crippen molar-refractivity contribution in [1.29, 1.82) is 0 Å². The number of carbonyl (C=O) groups is 1. The zero-order chi connectivity index (χ0) is 19.1. The maximum atomic E-state index is 12.1. The molecule has 0 fully saturated rings. The molecule has 0 bridgehead atoms. The highest BCUT2D eigenvalue weighted by atomic mass is 127. The molecular weight excluding hydrogens is 500 g/mol. The van der Waals surface area contributed by atoms with Crippen LogP contribution in [0.3, 0.4) is 0 Å². The quantitative estimate of drug-likeness (QED) is 0.235. The Morgan fingerprint density at radius 2 is 1.85 bits per heavy atom. The van der Waals surface area contributed by atoms with Crippen molar-refractivity contribution < 1.29 is 4.79 Å². The van der Waals surface area contributed by atoms with Crippen LogP contribution in [-0.2, 0) is 13.6 Å². The molecule has 6 nitrogen and oxygen atoms in total. The second-order valence-corrected chi connectivity index (χ2v) is 6.58. The van der Waals surface area contributed by atoms with E-state index < -0.39 is 0 Å². The Morgan fingerprint density at radius 1 is 1.15 bits per heavy atom. The Morgan fingerprint density at radius 3 is 2.44 bits per heavy atom. The molecule has 1 heterocycles. The molecule has 0 saturated heterocycles. The third kappa shape index (κ3) is 6.90. The van der Waals surface area contributed by atoms with Crippen molar-refractivity contribution in [3.63, 3.8) is 0 Å². The van der Waals surface area contributed by atoms with E-state index in [0.717, 1.165) is 11.3 Å². The summed E-state index contributed by atoms with van der Waals surface area (Å²) in [6.45, 7) is 3.51. The first-order chi connectivity index (χ1) is 12.4. The van der Waals surface area contributed by atoms with Crippen LogP contribution in [0.4, 0.5) is 0 Å². The molecule has 148 valence electrons. The molecule has 2 aromatic rings. The van der Waals surface area contributed by atoms with Crippen molar-refractivity contribution >= 4 is 59.0 Å². The molecule has 0 unspecified atom stereocenters. The van der Waals surface area contributed by atoms with E-state index in [9.17, 15) is 4.79 Å². The van der Waals surface area contributed by atoms with E-state index in [1.54, 1.807) is 13.1 Å². The van der Waals surface area contributed by atoms with E-state index in [0.29, 0.717) is 41.3 Å². The van der Waals surface area contributed by atoms with Gasteiger partial charge in [-0.25, -0.2) is 0 Å². The van der Waals surface area contributed by atoms with E-state index in [4.69, 9.17) is 23.2 Å². The predicted molar refractivity (Wildman–Crippen MR) is 123 cm³/mol. The molecule has 9 heteroatoms. The topological polar surface area (TPSA) is 70.4 Å². The fraction of sp³-hybridized carbons (Fsp3) is 0.333. The third-order valence-electron chi connectivity index (χ3n) is 3.86. The van der Waals surface area contributed by atoms with Crippen LogP contribution in [0.25, 0.3) is 0 Å². The number of aryl methyl sites for hydroxylation is 1. The number of aromatic nitrogens is 1. The molecule has 0 aliphatic rings. The zero-order valence-electron chi connectivity index (χ0n) is 15.5. The average molecular weight is 524 g/mol. The number of amides is 1. The van der Waals surface area contributed by atoms with Crippen molar-refractivity contribution in [2.45, 2.75) is 13.5 Å². The normalized spacial score (nSPS) is 10.9. The van der Waals surface area contributed by atoms with Crippen LogP contribution in [0.1, 0.15) is 21.6 Å². The lowest BCUT2D eigenvalue weighted by Gasteiger charge is -2.13. The lowest BCUT2D eigenvalue weighted by Crippen LogP contribution is -2.41. The van der Waals surface area contributed by atoms with Gasteiger partial charge < -0.3 is 20.5 Å². The van der Waals surface area contributed by atoms with Crippen molar-refractivity contribution in [1.82, 2.24) is 20.5 Å². The minimum absolute atomic E-state index is 0. The summed E-state index contributed by atoms with van der Waals surface area (Å²) < 4.78 is 1.81. The number of hydrogen-bond donors (Lipinski definition) is 3. The summed E-state index contributed by atoms with van der Waals surface area (Å²) in [6.07, 6.45) is 0. The minimum atomic E-state index is -0.0912. The maximum absolute atomic E-state index is 12.1. The van der Waals surface area contributed by atoms with Crippen molar-refractivity contribution in [2.24, 2.45) is 12.0 Å². The van der Waals surface area contributed by atoms with Gasteiger partial charge in [0, 0.05) is 38.4 Å².